The fraction of sp³-hybridized carbons (Fsp3) is 0.429. The number of ether oxygens (including phenoxy) is 1. The summed E-state index contributed by atoms with van der Waals surface area (Å²) in [5.74, 6) is -0.465. The van der Waals surface area contributed by atoms with E-state index in [1.807, 2.05) is 0 Å². The van der Waals surface area contributed by atoms with Gasteiger partial charge in [-0.05, 0) is 24.6 Å². The summed E-state index contributed by atoms with van der Waals surface area (Å²) in [6.07, 6.45) is 1.64. The molecule has 9 heteroatoms. The quantitative estimate of drug-likeness (QED) is 0.491. The van der Waals surface area contributed by atoms with Crippen LogP contribution in [0, 0.1) is 0 Å². The molecular formula is C21H26Cl2N4O3. The second kappa shape index (κ2) is 10.3. The van der Waals surface area contributed by atoms with Gasteiger partial charge in [0, 0.05) is 45.0 Å². The van der Waals surface area contributed by atoms with Crippen molar-refractivity contribution in [2.45, 2.75) is 13.0 Å². The number of amides is 2. The Morgan fingerprint density at radius 2 is 2.03 bits per heavy atom. The van der Waals surface area contributed by atoms with E-state index in [1.54, 1.807) is 36.1 Å². The third-order valence-corrected chi connectivity index (χ3v) is 5.84. The van der Waals surface area contributed by atoms with Gasteiger partial charge in [0.15, 0.2) is 0 Å². The van der Waals surface area contributed by atoms with Crippen molar-refractivity contribution in [1.82, 2.24) is 20.4 Å². The number of nitrogens with one attached hydrogen (secondary N) is 2. The number of piperazine rings is 1. The molecule has 0 aliphatic carbocycles. The summed E-state index contributed by atoms with van der Waals surface area (Å²) in [4.78, 5) is 29.8. The Balaban J connectivity index is 2.11. The number of halogens is 2. The Morgan fingerprint density at radius 1 is 1.30 bits per heavy atom. The minimum Gasteiger partial charge on any atom is -0.463 e. The summed E-state index contributed by atoms with van der Waals surface area (Å²) in [5, 5.41) is 6.98. The highest BCUT2D eigenvalue weighted by Gasteiger charge is 2.38. The summed E-state index contributed by atoms with van der Waals surface area (Å²) in [5.41, 5.74) is 1.68. The maximum atomic E-state index is 13.1. The molecule has 1 unspecified atom stereocenters. The topological polar surface area (TPSA) is 73.9 Å². The van der Waals surface area contributed by atoms with Crippen LogP contribution in [0.15, 0.2) is 42.1 Å². The summed E-state index contributed by atoms with van der Waals surface area (Å²) >= 11 is 12.3. The standard InChI is InChI=1S/C21H26Cl2N4O3/c1-3-9-27-17(13-26-10-7-24-8-11-26)18(20(28)30-4-2)19(25-21(27)29)14-5-6-15(22)16(23)12-14/h3,5-6,12,19,24H,1,4,7-11,13H2,2H3,(H,25,29). The van der Waals surface area contributed by atoms with Crippen molar-refractivity contribution in [3.05, 3.63) is 57.7 Å². The van der Waals surface area contributed by atoms with Crippen molar-refractivity contribution in [3.8, 4) is 0 Å². The minimum absolute atomic E-state index is 0.229. The number of urea groups is 1. The zero-order chi connectivity index (χ0) is 21.7. The van der Waals surface area contributed by atoms with Crippen LogP contribution in [0.3, 0.4) is 0 Å². The van der Waals surface area contributed by atoms with Crippen LogP contribution in [0.1, 0.15) is 18.5 Å². The fourth-order valence-corrected chi connectivity index (χ4v) is 3.97. The molecule has 2 amide bonds. The number of hydrogen-bond donors (Lipinski definition) is 2. The molecule has 2 N–H and O–H groups in total. The first-order valence-corrected chi connectivity index (χ1v) is 10.7. The Labute approximate surface area is 186 Å². The summed E-state index contributed by atoms with van der Waals surface area (Å²) in [7, 11) is 0. The van der Waals surface area contributed by atoms with E-state index >= 15 is 0 Å². The maximum Gasteiger partial charge on any atom is 0.338 e. The van der Waals surface area contributed by atoms with Crippen LogP contribution in [-0.4, -0.2) is 67.7 Å². The highest BCUT2D eigenvalue weighted by Crippen LogP contribution is 2.34. The van der Waals surface area contributed by atoms with Gasteiger partial charge < -0.3 is 15.4 Å². The molecule has 1 fully saturated rings. The molecule has 0 radical (unpaired) electrons. The Bertz CT molecular complexity index is 853. The highest BCUT2D eigenvalue weighted by molar-refractivity contribution is 6.42. The van der Waals surface area contributed by atoms with Gasteiger partial charge in [-0.15, -0.1) is 6.58 Å². The average Bonchev–Trinajstić information content (AvgIpc) is 2.73. The molecule has 7 nitrogen and oxygen atoms in total. The third-order valence-electron chi connectivity index (χ3n) is 5.11. The van der Waals surface area contributed by atoms with Gasteiger partial charge in [-0.1, -0.05) is 35.3 Å². The van der Waals surface area contributed by atoms with Crippen LogP contribution in [-0.2, 0) is 9.53 Å². The molecule has 1 atom stereocenters. The number of rotatable bonds is 7. The van der Waals surface area contributed by atoms with Crippen LogP contribution in [0.25, 0.3) is 0 Å². The largest absolute Gasteiger partial charge is 0.463 e. The number of benzene rings is 1. The Hall–Kier alpha value is -2.06. The second-order valence-corrected chi connectivity index (χ2v) is 7.88. The predicted octanol–water partition coefficient (Wildman–Crippen LogP) is 2.97. The normalized spacial score (nSPS) is 20.2. The summed E-state index contributed by atoms with van der Waals surface area (Å²) < 4.78 is 5.38. The smallest absolute Gasteiger partial charge is 0.338 e. The van der Waals surface area contributed by atoms with Gasteiger partial charge in [-0.25, -0.2) is 9.59 Å². The lowest BCUT2D eigenvalue weighted by Crippen LogP contribution is -2.52. The van der Waals surface area contributed by atoms with Crippen molar-refractivity contribution in [2.75, 3.05) is 45.9 Å². The monoisotopic (exact) mass is 452 g/mol. The van der Waals surface area contributed by atoms with Gasteiger partial charge in [0.05, 0.1) is 28.3 Å². The molecule has 0 aromatic heterocycles. The van der Waals surface area contributed by atoms with Gasteiger partial charge in [-0.2, -0.15) is 0 Å². The van der Waals surface area contributed by atoms with Gasteiger partial charge in [0.1, 0.15) is 0 Å². The van der Waals surface area contributed by atoms with Crippen molar-refractivity contribution < 1.29 is 14.3 Å². The van der Waals surface area contributed by atoms with Crippen molar-refractivity contribution in [3.63, 3.8) is 0 Å². The molecular weight excluding hydrogens is 427 g/mol. The molecule has 30 heavy (non-hydrogen) atoms. The zero-order valence-electron chi connectivity index (χ0n) is 16.9. The zero-order valence-corrected chi connectivity index (χ0v) is 18.4. The third kappa shape index (κ3) is 4.98. The molecule has 1 aromatic carbocycles. The fourth-order valence-electron chi connectivity index (χ4n) is 3.67. The number of nitrogens with zero attached hydrogens (tertiary/aromatic N) is 2. The van der Waals surface area contributed by atoms with E-state index in [-0.39, 0.29) is 19.2 Å². The number of carbonyl (C=O) groups excluding carboxylic acids is 2. The first kappa shape index (κ1) is 22.6. The molecule has 0 spiro atoms. The van der Waals surface area contributed by atoms with Crippen molar-refractivity contribution in [2.24, 2.45) is 0 Å². The molecule has 162 valence electrons. The molecule has 0 bridgehead atoms. The van der Waals surface area contributed by atoms with Crippen molar-refractivity contribution in [1.29, 1.82) is 0 Å². The Morgan fingerprint density at radius 3 is 2.67 bits per heavy atom. The first-order valence-electron chi connectivity index (χ1n) is 9.93. The van der Waals surface area contributed by atoms with E-state index in [2.05, 4.69) is 22.1 Å². The Kier molecular flexibility index (Phi) is 7.77. The molecule has 2 aliphatic rings. The molecule has 1 aromatic rings. The lowest BCUT2D eigenvalue weighted by atomic mass is 9.94. The first-order chi connectivity index (χ1) is 14.5. The molecule has 0 saturated carbocycles. The van der Waals surface area contributed by atoms with Crippen molar-refractivity contribution >= 4 is 35.2 Å². The molecule has 3 rings (SSSR count). The van der Waals surface area contributed by atoms with Crippen LogP contribution in [0.4, 0.5) is 4.79 Å². The minimum atomic E-state index is -0.690. The lowest BCUT2D eigenvalue weighted by molar-refractivity contribution is -0.139. The molecule has 2 aliphatic heterocycles. The van der Waals surface area contributed by atoms with Crippen LogP contribution < -0.4 is 10.6 Å². The van der Waals surface area contributed by atoms with E-state index in [1.165, 1.54) is 0 Å². The van der Waals surface area contributed by atoms with Crippen LogP contribution in [0.2, 0.25) is 10.0 Å². The average molecular weight is 453 g/mol. The number of hydrogen-bond acceptors (Lipinski definition) is 5. The van der Waals surface area contributed by atoms with Gasteiger partial charge >= 0.3 is 12.0 Å². The maximum absolute atomic E-state index is 13.1. The van der Waals surface area contributed by atoms with Gasteiger partial charge in [0.25, 0.3) is 0 Å². The molecule has 1 saturated heterocycles. The second-order valence-electron chi connectivity index (χ2n) is 7.06. The lowest BCUT2D eigenvalue weighted by Gasteiger charge is -2.39. The van der Waals surface area contributed by atoms with Gasteiger partial charge in [-0.3, -0.25) is 9.80 Å². The summed E-state index contributed by atoms with van der Waals surface area (Å²) in [6.45, 7) is 9.82. The van der Waals surface area contributed by atoms with Crippen LogP contribution >= 0.6 is 23.2 Å². The summed E-state index contributed by atoms with van der Waals surface area (Å²) in [6, 6.07) is 4.08. The van der Waals surface area contributed by atoms with E-state index in [4.69, 9.17) is 27.9 Å². The number of esters is 1. The van der Waals surface area contributed by atoms with E-state index in [0.29, 0.717) is 33.4 Å². The predicted molar refractivity (Wildman–Crippen MR) is 118 cm³/mol. The van der Waals surface area contributed by atoms with E-state index < -0.39 is 12.0 Å². The number of carbonyl (C=O) groups is 2. The van der Waals surface area contributed by atoms with E-state index in [0.717, 1.165) is 26.2 Å². The highest BCUT2D eigenvalue weighted by atomic mass is 35.5. The molecule has 2 heterocycles. The van der Waals surface area contributed by atoms with Crippen LogP contribution in [0.5, 0.6) is 0 Å². The van der Waals surface area contributed by atoms with Gasteiger partial charge in [0.2, 0.25) is 0 Å². The van der Waals surface area contributed by atoms with E-state index in [9.17, 15) is 9.59 Å². The SMILES string of the molecule is C=CCN1C(=O)NC(c2ccc(Cl)c(Cl)c2)C(C(=O)OCC)=C1CN1CCNCC1.